The maximum absolute atomic E-state index is 5.52. The lowest BCUT2D eigenvalue weighted by atomic mass is 9.65. The molecule has 0 heterocycles. The molecule has 1 saturated carbocycles. The van der Waals surface area contributed by atoms with E-state index in [0.717, 1.165) is 18.7 Å². The molecule has 0 bridgehead atoms. The number of hydrogen-bond acceptors (Lipinski definition) is 2. The SMILES string of the molecule is COc1ccc(C)cc1CC1(CNC(C)C)CCC1. The number of methoxy groups -OCH3 is 1. The average molecular weight is 261 g/mol. The first-order valence-corrected chi connectivity index (χ1v) is 7.42. The Hall–Kier alpha value is -1.02. The standard InChI is InChI=1S/C17H27NO/c1-13(2)18-12-17(8-5-9-17)11-15-10-14(3)6-7-16(15)19-4/h6-7,10,13,18H,5,8-9,11-12H2,1-4H3. The highest BCUT2D eigenvalue weighted by atomic mass is 16.5. The van der Waals surface area contributed by atoms with Gasteiger partial charge in [-0.15, -0.1) is 0 Å². The highest BCUT2D eigenvalue weighted by Gasteiger charge is 2.37. The van der Waals surface area contributed by atoms with Gasteiger partial charge in [0.15, 0.2) is 0 Å². The summed E-state index contributed by atoms with van der Waals surface area (Å²) in [5.41, 5.74) is 3.14. The summed E-state index contributed by atoms with van der Waals surface area (Å²) < 4.78 is 5.52. The molecule has 2 heteroatoms. The molecule has 0 aliphatic heterocycles. The smallest absolute Gasteiger partial charge is 0.122 e. The van der Waals surface area contributed by atoms with Gasteiger partial charge in [0, 0.05) is 12.6 Å². The first-order chi connectivity index (χ1) is 9.04. The van der Waals surface area contributed by atoms with E-state index >= 15 is 0 Å². The van der Waals surface area contributed by atoms with Gasteiger partial charge in [-0.3, -0.25) is 0 Å². The molecular weight excluding hydrogens is 234 g/mol. The van der Waals surface area contributed by atoms with Crippen LogP contribution in [0.5, 0.6) is 5.75 Å². The second-order valence-corrected chi connectivity index (χ2v) is 6.38. The van der Waals surface area contributed by atoms with E-state index in [4.69, 9.17) is 4.74 Å². The third-order valence-corrected chi connectivity index (χ3v) is 4.30. The van der Waals surface area contributed by atoms with Crippen LogP contribution in [0.3, 0.4) is 0 Å². The fourth-order valence-corrected chi connectivity index (χ4v) is 2.96. The molecule has 2 nitrogen and oxygen atoms in total. The van der Waals surface area contributed by atoms with Crippen molar-refractivity contribution >= 4 is 0 Å². The summed E-state index contributed by atoms with van der Waals surface area (Å²) >= 11 is 0. The van der Waals surface area contributed by atoms with Crippen LogP contribution in [0.1, 0.15) is 44.2 Å². The number of benzene rings is 1. The summed E-state index contributed by atoms with van der Waals surface area (Å²) in [6, 6.07) is 7.08. The van der Waals surface area contributed by atoms with E-state index in [1.807, 2.05) is 0 Å². The van der Waals surface area contributed by atoms with Crippen molar-refractivity contribution in [1.82, 2.24) is 5.32 Å². The van der Waals surface area contributed by atoms with Gasteiger partial charge >= 0.3 is 0 Å². The molecule has 0 radical (unpaired) electrons. The van der Waals surface area contributed by atoms with E-state index in [1.165, 1.54) is 30.4 Å². The van der Waals surface area contributed by atoms with Crippen molar-refractivity contribution < 1.29 is 4.74 Å². The zero-order chi connectivity index (χ0) is 13.9. The molecule has 1 fully saturated rings. The first kappa shape index (κ1) is 14.4. The summed E-state index contributed by atoms with van der Waals surface area (Å²) in [6.45, 7) is 7.73. The Kier molecular flexibility index (Phi) is 4.51. The molecule has 19 heavy (non-hydrogen) atoms. The molecule has 0 saturated heterocycles. The average Bonchev–Trinajstić information content (AvgIpc) is 2.32. The largest absolute Gasteiger partial charge is 0.496 e. The fourth-order valence-electron chi connectivity index (χ4n) is 2.96. The molecule has 1 aliphatic rings. The number of aryl methyl sites for hydroxylation is 1. The predicted octanol–water partition coefficient (Wildman–Crippen LogP) is 3.71. The zero-order valence-electron chi connectivity index (χ0n) is 12.8. The number of ether oxygens (including phenoxy) is 1. The van der Waals surface area contributed by atoms with Crippen molar-refractivity contribution in [2.75, 3.05) is 13.7 Å². The zero-order valence-corrected chi connectivity index (χ0v) is 12.8. The van der Waals surface area contributed by atoms with Gasteiger partial charge in [-0.2, -0.15) is 0 Å². The summed E-state index contributed by atoms with van der Waals surface area (Å²) in [5, 5.41) is 3.62. The summed E-state index contributed by atoms with van der Waals surface area (Å²) in [4.78, 5) is 0. The Bertz CT molecular complexity index is 421. The van der Waals surface area contributed by atoms with Gasteiger partial charge in [0.05, 0.1) is 7.11 Å². The molecule has 0 aromatic heterocycles. The maximum Gasteiger partial charge on any atom is 0.122 e. The van der Waals surface area contributed by atoms with Crippen LogP contribution in [0.15, 0.2) is 18.2 Å². The van der Waals surface area contributed by atoms with Crippen molar-refractivity contribution in [3.8, 4) is 5.75 Å². The summed E-state index contributed by atoms with van der Waals surface area (Å²) in [5.74, 6) is 1.04. The molecule has 1 N–H and O–H groups in total. The Balaban J connectivity index is 2.11. The third kappa shape index (κ3) is 3.50. The number of hydrogen-bond donors (Lipinski definition) is 1. The van der Waals surface area contributed by atoms with Crippen LogP contribution in [0.25, 0.3) is 0 Å². The lowest BCUT2D eigenvalue weighted by molar-refractivity contribution is 0.125. The van der Waals surface area contributed by atoms with Gasteiger partial charge in [0.25, 0.3) is 0 Å². The first-order valence-electron chi connectivity index (χ1n) is 7.42. The molecule has 106 valence electrons. The van der Waals surface area contributed by atoms with E-state index in [-0.39, 0.29) is 0 Å². The minimum absolute atomic E-state index is 0.450. The van der Waals surface area contributed by atoms with Crippen LogP contribution in [0.2, 0.25) is 0 Å². The van der Waals surface area contributed by atoms with Crippen LogP contribution in [-0.2, 0) is 6.42 Å². The Morgan fingerprint density at radius 3 is 2.58 bits per heavy atom. The Morgan fingerprint density at radius 1 is 1.32 bits per heavy atom. The van der Waals surface area contributed by atoms with Crippen molar-refractivity contribution in [2.24, 2.45) is 5.41 Å². The van der Waals surface area contributed by atoms with Crippen LogP contribution in [0.4, 0.5) is 0 Å². The topological polar surface area (TPSA) is 21.3 Å². The predicted molar refractivity (Wildman–Crippen MR) is 80.9 cm³/mol. The molecule has 0 spiro atoms. The van der Waals surface area contributed by atoms with Gasteiger partial charge < -0.3 is 10.1 Å². The minimum Gasteiger partial charge on any atom is -0.496 e. The van der Waals surface area contributed by atoms with E-state index in [2.05, 4.69) is 44.3 Å². The fraction of sp³-hybridized carbons (Fsp3) is 0.647. The van der Waals surface area contributed by atoms with Gasteiger partial charge in [0.2, 0.25) is 0 Å². The third-order valence-electron chi connectivity index (χ3n) is 4.30. The second-order valence-electron chi connectivity index (χ2n) is 6.38. The van der Waals surface area contributed by atoms with Crippen LogP contribution in [0, 0.1) is 12.3 Å². The number of rotatable bonds is 6. The van der Waals surface area contributed by atoms with E-state index in [0.29, 0.717) is 11.5 Å². The molecule has 0 atom stereocenters. The van der Waals surface area contributed by atoms with Gasteiger partial charge in [-0.25, -0.2) is 0 Å². The number of nitrogens with one attached hydrogen (secondary N) is 1. The Morgan fingerprint density at radius 2 is 2.05 bits per heavy atom. The van der Waals surface area contributed by atoms with Gasteiger partial charge in [-0.05, 0) is 43.2 Å². The summed E-state index contributed by atoms with van der Waals surface area (Å²) in [6.07, 6.45) is 5.18. The maximum atomic E-state index is 5.52. The highest BCUT2D eigenvalue weighted by Crippen LogP contribution is 2.44. The van der Waals surface area contributed by atoms with Crippen molar-refractivity contribution in [2.45, 2.75) is 52.5 Å². The molecule has 0 unspecified atom stereocenters. The molecule has 1 aromatic rings. The monoisotopic (exact) mass is 261 g/mol. The quantitative estimate of drug-likeness (QED) is 0.843. The van der Waals surface area contributed by atoms with Crippen LogP contribution >= 0.6 is 0 Å². The molecule has 0 amide bonds. The van der Waals surface area contributed by atoms with E-state index in [1.54, 1.807) is 7.11 Å². The van der Waals surface area contributed by atoms with Gasteiger partial charge in [0.1, 0.15) is 5.75 Å². The van der Waals surface area contributed by atoms with Crippen LogP contribution in [-0.4, -0.2) is 19.7 Å². The molecule has 1 aliphatic carbocycles. The van der Waals surface area contributed by atoms with E-state index in [9.17, 15) is 0 Å². The second kappa shape index (κ2) is 5.96. The normalized spacial score (nSPS) is 17.3. The summed E-state index contributed by atoms with van der Waals surface area (Å²) in [7, 11) is 1.77. The minimum atomic E-state index is 0.450. The van der Waals surface area contributed by atoms with E-state index < -0.39 is 0 Å². The molecular formula is C17H27NO. The van der Waals surface area contributed by atoms with Crippen molar-refractivity contribution in [3.05, 3.63) is 29.3 Å². The highest BCUT2D eigenvalue weighted by molar-refractivity contribution is 5.38. The molecule has 1 aromatic carbocycles. The molecule has 2 rings (SSSR count). The lowest BCUT2D eigenvalue weighted by Crippen LogP contribution is -2.43. The van der Waals surface area contributed by atoms with Crippen molar-refractivity contribution in [3.63, 3.8) is 0 Å². The van der Waals surface area contributed by atoms with Crippen LogP contribution < -0.4 is 10.1 Å². The Labute approximate surface area is 117 Å². The van der Waals surface area contributed by atoms with Crippen molar-refractivity contribution in [1.29, 1.82) is 0 Å². The lowest BCUT2D eigenvalue weighted by Gasteiger charge is -2.43. The van der Waals surface area contributed by atoms with Gasteiger partial charge in [-0.1, -0.05) is 38.0 Å².